The van der Waals surface area contributed by atoms with E-state index in [2.05, 4.69) is 0 Å². The molecule has 5 aromatic rings. The van der Waals surface area contributed by atoms with Crippen LogP contribution in [0.1, 0.15) is 33.9 Å². The largest absolute Gasteiger partial charge is 0.489 e. The highest BCUT2D eigenvalue weighted by atomic mass is 19.1. The van der Waals surface area contributed by atoms with Gasteiger partial charge in [-0.1, -0.05) is 97.1 Å². The number of hydrogen-bond donors (Lipinski definition) is 0. The SMILES string of the molecule is O=C1Cc2c(OCc3ccccc3)cc(OCc3ccccc3)cc2O[C@@H]1c1ccc(OCc2ccccc2)c(F)c1. The molecule has 1 aliphatic heterocycles. The van der Waals surface area contributed by atoms with Gasteiger partial charge >= 0.3 is 0 Å². The summed E-state index contributed by atoms with van der Waals surface area (Å²) in [5, 5.41) is 0. The summed E-state index contributed by atoms with van der Waals surface area (Å²) < 4.78 is 39.2. The molecule has 6 heteroatoms. The number of ether oxygens (including phenoxy) is 4. The molecule has 0 saturated carbocycles. The molecule has 5 aromatic carbocycles. The van der Waals surface area contributed by atoms with Crippen LogP contribution in [0.25, 0.3) is 0 Å². The first-order chi connectivity index (χ1) is 20.6. The van der Waals surface area contributed by atoms with Gasteiger partial charge in [0, 0.05) is 29.7 Å². The standard InChI is InChI=1S/C36H29FO5/c37-31-18-28(16-17-33(31)40-23-26-12-6-2-7-13-26)36-32(38)21-30-34(41-24-27-14-8-3-9-15-27)19-29(20-35(30)42-36)39-22-25-10-4-1-5-11-25/h1-20,36H,21-24H2/t36-/m1/s1. The average Bonchev–Trinajstić information content (AvgIpc) is 3.03. The van der Waals surface area contributed by atoms with E-state index in [0.717, 1.165) is 16.7 Å². The number of Topliss-reactive ketones (excluding diaryl/α,β-unsaturated/α-hetero) is 1. The van der Waals surface area contributed by atoms with Crippen LogP contribution in [0.3, 0.4) is 0 Å². The molecular formula is C36H29FO5. The van der Waals surface area contributed by atoms with Crippen molar-refractivity contribution in [2.24, 2.45) is 0 Å². The van der Waals surface area contributed by atoms with Crippen molar-refractivity contribution in [1.29, 1.82) is 0 Å². The van der Waals surface area contributed by atoms with E-state index in [1.165, 1.54) is 12.1 Å². The van der Waals surface area contributed by atoms with E-state index in [1.54, 1.807) is 18.2 Å². The van der Waals surface area contributed by atoms with Crippen LogP contribution < -0.4 is 18.9 Å². The number of benzene rings is 5. The summed E-state index contributed by atoms with van der Waals surface area (Å²) in [5.74, 6) is 0.893. The molecule has 0 aromatic heterocycles. The van der Waals surface area contributed by atoms with Gasteiger partial charge in [0.15, 0.2) is 23.5 Å². The van der Waals surface area contributed by atoms with E-state index in [-0.39, 0.29) is 24.6 Å². The quantitative estimate of drug-likeness (QED) is 0.174. The predicted molar refractivity (Wildman–Crippen MR) is 157 cm³/mol. The van der Waals surface area contributed by atoms with Gasteiger partial charge in [0.2, 0.25) is 0 Å². The van der Waals surface area contributed by atoms with Gasteiger partial charge in [-0.2, -0.15) is 0 Å². The number of carbonyl (C=O) groups is 1. The minimum Gasteiger partial charge on any atom is -0.489 e. The number of hydrogen-bond acceptors (Lipinski definition) is 5. The van der Waals surface area contributed by atoms with Gasteiger partial charge in [-0.15, -0.1) is 0 Å². The third-order valence-corrected chi connectivity index (χ3v) is 7.01. The second-order valence-electron chi connectivity index (χ2n) is 10.1. The highest BCUT2D eigenvalue weighted by Crippen LogP contribution is 2.42. The number of halogens is 1. The van der Waals surface area contributed by atoms with Gasteiger partial charge in [0.05, 0.1) is 0 Å². The van der Waals surface area contributed by atoms with Crippen molar-refractivity contribution >= 4 is 5.78 Å². The zero-order chi connectivity index (χ0) is 28.7. The maximum Gasteiger partial charge on any atom is 0.182 e. The first-order valence-electron chi connectivity index (χ1n) is 13.8. The lowest BCUT2D eigenvalue weighted by molar-refractivity contribution is -0.126. The van der Waals surface area contributed by atoms with E-state index in [9.17, 15) is 4.79 Å². The lowest BCUT2D eigenvalue weighted by Gasteiger charge is -2.27. The Kier molecular flexibility index (Phi) is 8.13. The van der Waals surface area contributed by atoms with Crippen molar-refractivity contribution in [3.05, 3.63) is 155 Å². The highest BCUT2D eigenvalue weighted by molar-refractivity contribution is 5.89. The van der Waals surface area contributed by atoms with Gasteiger partial charge in [0.25, 0.3) is 0 Å². The van der Waals surface area contributed by atoms with Crippen LogP contribution in [0.4, 0.5) is 4.39 Å². The molecule has 0 unspecified atom stereocenters. The fraction of sp³-hybridized carbons (Fsp3) is 0.139. The summed E-state index contributed by atoms with van der Waals surface area (Å²) in [7, 11) is 0. The minimum absolute atomic E-state index is 0.0803. The molecule has 1 atom stereocenters. The van der Waals surface area contributed by atoms with Crippen LogP contribution in [0.15, 0.2) is 121 Å². The highest BCUT2D eigenvalue weighted by Gasteiger charge is 2.33. The first kappa shape index (κ1) is 27.1. The molecule has 5 nitrogen and oxygen atoms in total. The molecule has 0 amide bonds. The van der Waals surface area contributed by atoms with E-state index < -0.39 is 11.9 Å². The second-order valence-corrected chi connectivity index (χ2v) is 10.1. The van der Waals surface area contributed by atoms with Crippen molar-refractivity contribution in [2.45, 2.75) is 32.3 Å². The van der Waals surface area contributed by atoms with Crippen LogP contribution in [0, 0.1) is 5.82 Å². The summed E-state index contributed by atoms with van der Waals surface area (Å²) in [4.78, 5) is 13.3. The van der Waals surface area contributed by atoms with Crippen molar-refractivity contribution in [3.63, 3.8) is 0 Å². The molecule has 0 aliphatic carbocycles. The molecule has 6 rings (SSSR count). The van der Waals surface area contributed by atoms with Gasteiger partial charge in [-0.25, -0.2) is 4.39 Å². The Hall–Kier alpha value is -5.10. The topological polar surface area (TPSA) is 54.0 Å². The third-order valence-electron chi connectivity index (χ3n) is 7.01. The lowest BCUT2D eigenvalue weighted by Crippen LogP contribution is -2.26. The Labute approximate surface area is 244 Å². The summed E-state index contributed by atoms with van der Waals surface area (Å²) in [6, 6.07) is 37.2. The summed E-state index contributed by atoms with van der Waals surface area (Å²) in [6.45, 7) is 0.916. The number of rotatable bonds is 10. The van der Waals surface area contributed by atoms with Gasteiger partial charge in [-0.3, -0.25) is 4.79 Å². The van der Waals surface area contributed by atoms with Gasteiger partial charge in [0.1, 0.15) is 37.1 Å². The molecule has 0 spiro atoms. The van der Waals surface area contributed by atoms with E-state index in [0.29, 0.717) is 41.6 Å². The van der Waals surface area contributed by atoms with E-state index in [4.69, 9.17) is 18.9 Å². The fourth-order valence-electron chi connectivity index (χ4n) is 4.81. The zero-order valence-corrected chi connectivity index (χ0v) is 22.9. The number of ketones is 1. The molecule has 0 N–H and O–H groups in total. The average molecular weight is 561 g/mol. The second kappa shape index (κ2) is 12.6. The van der Waals surface area contributed by atoms with E-state index >= 15 is 4.39 Å². The van der Waals surface area contributed by atoms with Crippen LogP contribution in [-0.4, -0.2) is 5.78 Å². The maximum atomic E-state index is 15.1. The van der Waals surface area contributed by atoms with Crippen molar-refractivity contribution in [1.82, 2.24) is 0 Å². The molecule has 210 valence electrons. The van der Waals surface area contributed by atoms with Crippen LogP contribution >= 0.6 is 0 Å². The molecule has 0 radical (unpaired) electrons. The molecule has 42 heavy (non-hydrogen) atoms. The predicted octanol–water partition coefficient (Wildman–Crippen LogP) is 7.81. The first-order valence-corrected chi connectivity index (χ1v) is 13.8. The Morgan fingerprint density at radius 3 is 1.76 bits per heavy atom. The molecule has 1 heterocycles. The minimum atomic E-state index is -0.971. The van der Waals surface area contributed by atoms with Crippen LogP contribution in [0.2, 0.25) is 0 Å². The third kappa shape index (κ3) is 6.44. The number of fused-ring (bicyclic) bond motifs is 1. The molecule has 1 aliphatic rings. The molecule has 0 saturated heterocycles. The van der Waals surface area contributed by atoms with Crippen molar-refractivity contribution < 1.29 is 28.1 Å². The molecule has 0 fully saturated rings. The van der Waals surface area contributed by atoms with Gasteiger partial charge in [-0.05, 0) is 28.8 Å². The van der Waals surface area contributed by atoms with Crippen LogP contribution in [-0.2, 0) is 31.0 Å². The normalized spacial score (nSPS) is 14.0. The fourth-order valence-corrected chi connectivity index (χ4v) is 4.81. The summed E-state index contributed by atoms with van der Waals surface area (Å²) >= 11 is 0. The Morgan fingerprint density at radius 2 is 1.19 bits per heavy atom. The van der Waals surface area contributed by atoms with Crippen molar-refractivity contribution in [2.75, 3.05) is 0 Å². The lowest BCUT2D eigenvalue weighted by atomic mass is 9.95. The van der Waals surface area contributed by atoms with E-state index in [1.807, 2.05) is 91.0 Å². The molecule has 0 bridgehead atoms. The Balaban J connectivity index is 1.24. The van der Waals surface area contributed by atoms with Crippen molar-refractivity contribution in [3.8, 4) is 23.0 Å². The Bertz CT molecular complexity index is 1660. The summed E-state index contributed by atoms with van der Waals surface area (Å²) in [6.07, 6.45) is -0.890. The summed E-state index contributed by atoms with van der Waals surface area (Å²) in [5.41, 5.74) is 3.99. The van der Waals surface area contributed by atoms with Gasteiger partial charge < -0.3 is 18.9 Å². The smallest absolute Gasteiger partial charge is 0.182 e. The zero-order valence-electron chi connectivity index (χ0n) is 22.9. The molecular weight excluding hydrogens is 531 g/mol. The maximum absolute atomic E-state index is 15.1. The monoisotopic (exact) mass is 560 g/mol. The van der Waals surface area contributed by atoms with Crippen LogP contribution in [0.5, 0.6) is 23.0 Å². The Morgan fingerprint density at radius 1 is 0.643 bits per heavy atom. The number of carbonyl (C=O) groups excluding carboxylic acids is 1.